The lowest BCUT2D eigenvalue weighted by Gasteiger charge is -2.37. The fourth-order valence-electron chi connectivity index (χ4n) is 3.20. The number of hydrogen-bond acceptors (Lipinski definition) is 11. The third kappa shape index (κ3) is 8.52. The number of fused-ring (bicyclic) bond motifs is 1. The number of alkyl halides is 6. The fraction of sp³-hybridized carbons (Fsp3) is 0.524. The van der Waals surface area contributed by atoms with Crippen molar-refractivity contribution in [2.45, 2.75) is 38.4 Å². The Morgan fingerprint density at radius 3 is 2.31 bits per heavy atom. The lowest BCUT2D eigenvalue weighted by molar-refractivity contribution is -0.757. The summed E-state index contributed by atoms with van der Waals surface area (Å²) >= 11 is 0. The second kappa shape index (κ2) is 12.3. The normalized spacial score (nSPS) is 16.9. The minimum absolute atomic E-state index is 0.0220. The predicted molar refractivity (Wildman–Crippen MR) is 115 cm³/mol. The zero-order chi connectivity index (χ0) is 29.6. The lowest BCUT2D eigenvalue weighted by atomic mass is 9.88. The van der Waals surface area contributed by atoms with E-state index in [4.69, 9.17) is 4.74 Å². The highest BCUT2D eigenvalue weighted by Gasteiger charge is 2.60. The second-order valence-electron chi connectivity index (χ2n) is 8.01. The van der Waals surface area contributed by atoms with E-state index in [0.29, 0.717) is 19.1 Å². The molecule has 0 N–H and O–H groups in total. The van der Waals surface area contributed by atoms with Crippen LogP contribution in [0.3, 0.4) is 0 Å². The molecule has 1 aliphatic rings. The molecule has 1 aliphatic heterocycles. The van der Waals surface area contributed by atoms with Crippen LogP contribution in [0.25, 0.3) is 6.08 Å². The van der Waals surface area contributed by atoms with Crippen LogP contribution >= 0.6 is 0 Å². The third-order valence-corrected chi connectivity index (χ3v) is 5.21. The molecular weight excluding hydrogens is 554 g/mol. The van der Waals surface area contributed by atoms with Gasteiger partial charge in [0, 0.05) is 18.7 Å². The molecule has 39 heavy (non-hydrogen) atoms. The van der Waals surface area contributed by atoms with E-state index in [-0.39, 0.29) is 43.9 Å². The van der Waals surface area contributed by atoms with Crippen LogP contribution in [0.15, 0.2) is 17.7 Å². The number of rotatable bonds is 10. The number of benzene rings is 1. The van der Waals surface area contributed by atoms with Gasteiger partial charge in [-0.15, -0.1) is 23.3 Å². The summed E-state index contributed by atoms with van der Waals surface area (Å²) in [5, 5.41) is 9.09. The summed E-state index contributed by atoms with van der Waals surface area (Å²) in [5.41, 5.74) is -5.00. The molecular formula is C21H22F6N2O10. The molecule has 0 aliphatic carbocycles. The standard InChI is InChI=1S/C21H22F6N2O10/c1-4-12-9-14(36-21(25,26)27)10-13-11-15(19(2,20(22,23)24)37-16(12)13)17(30)38-39-18(31)34-7-5-28(3)6-8-35-29(32)33/h9-11H,4-8H2,1-3H3. The molecule has 18 heteroatoms. The van der Waals surface area contributed by atoms with E-state index in [9.17, 15) is 46.0 Å². The van der Waals surface area contributed by atoms with E-state index in [1.165, 1.54) is 18.9 Å². The molecule has 0 saturated heterocycles. The number of nitrogens with zero attached hydrogens (tertiary/aromatic N) is 2. The maximum absolute atomic E-state index is 14.0. The molecule has 2 rings (SSSR count). The Labute approximate surface area is 216 Å². The Balaban J connectivity index is 2.16. The first-order valence-corrected chi connectivity index (χ1v) is 10.9. The topological polar surface area (TPSA) is 136 Å². The van der Waals surface area contributed by atoms with E-state index in [1.54, 1.807) is 0 Å². The number of carbonyl (C=O) groups excluding carboxylic acids is 2. The highest BCUT2D eigenvalue weighted by atomic mass is 19.4. The van der Waals surface area contributed by atoms with Crippen molar-refractivity contribution in [3.05, 3.63) is 38.9 Å². The summed E-state index contributed by atoms with van der Waals surface area (Å²) < 4.78 is 93.7. The van der Waals surface area contributed by atoms with Crippen LogP contribution in [0.1, 0.15) is 25.0 Å². The molecule has 1 aromatic carbocycles. The summed E-state index contributed by atoms with van der Waals surface area (Å²) in [5.74, 6) is -3.04. The van der Waals surface area contributed by atoms with Crippen molar-refractivity contribution in [1.82, 2.24) is 4.90 Å². The summed E-state index contributed by atoms with van der Waals surface area (Å²) in [7, 11) is 1.50. The Morgan fingerprint density at radius 1 is 1.10 bits per heavy atom. The van der Waals surface area contributed by atoms with E-state index in [2.05, 4.69) is 24.1 Å². The molecule has 0 saturated carbocycles. The van der Waals surface area contributed by atoms with Crippen LogP contribution < -0.4 is 9.47 Å². The zero-order valence-corrected chi connectivity index (χ0v) is 20.5. The van der Waals surface area contributed by atoms with Crippen LogP contribution in [0.4, 0.5) is 31.1 Å². The quantitative estimate of drug-likeness (QED) is 0.131. The van der Waals surface area contributed by atoms with Crippen molar-refractivity contribution >= 4 is 18.2 Å². The van der Waals surface area contributed by atoms with E-state index in [1.807, 2.05) is 0 Å². The van der Waals surface area contributed by atoms with Crippen molar-refractivity contribution in [2.24, 2.45) is 0 Å². The van der Waals surface area contributed by atoms with Gasteiger partial charge in [-0.3, -0.25) is 0 Å². The van der Waals surface area contributed by atoms with Crippen LogP contribution in [-0.2, 0) is 30.6 Å². The maximum Gasteiger partial charge on any atom is 0.573 e. The number of likely N-dealkylation sites (N-methyl/N-ethyl adjacent to an activating group) is 1. The van der Waals surface area contributed by atoms with Crippen LogP contribution in [-0.4, -0.2) is 73.6 Å². The van der Waals surface area contributed by atoms with Gasteiger partial charge in [0.2, 0.25) is 5.60 Å². The molecule has 0 radical (unpaired) electrons. The Kier molecular flexibility index (Phi) is 9.83. The van der Waals surface area contributed by atoms with E-state index < -0.39 is 52.4 Å². The van der Waals surface area contributed by atoms with Crippen molar-refractivity contribution in [3.63, 3.8) is 0 Å². The lowest BCUT2D eigenvalue weighted by Crippen LogP contribution is -2.52. The number of halogens is 6. The fourth-order valence-corrected chi connectivity index (χ4v) is 3.20. The molecule has 0 aromatic heterocycles. The van der Waals surface area contributed by atoms with Gasteiger partial charge >= 0.3 is 24.7 Å². The van der Waals surface area contributed by atoms with Crippen LogP contribution in [0.2, 0.25) is 0 Å². The third-order valence-electron chi connectivity index (χ3n) is 5.21. The van der Waals surface area contributed by atoms with Gasteiger partial charge in [-0.1, -0.05) is 6.92 Å². The van der Waals surface area contributed by atoms with Crippen molar-refractivity contribution in [1.29, 1.82) is 0 Å². The molecule has 12 nitrogen and oxygen atoms in total. The van der Waals surface area contributed by atoms with Crippen molar-refractivity contribution < 1.29 is 69.8 Å². The average Bonchev–Trinajstić information content (AvgIpc) is 2.80. The van der Waals surface area contributed by atoms with Gasteiger partial charge in [-0.05, 0) is 44.2 Å². The van der Waals surface area contributed by atoms with E-state index in [0.717, 1.165) is 6.07 Å². The summed E-state index contributed by atoms with van der Waals surface area (Å²) in [4.78, 5) is 48.1. The molecule has 0 spiro atoms. The average molecular weight is 576 g/mol. The molecule has 1 heterocycles. The number of carbonyl (C=O) groups is 2. The van der Waals surface area contributed by atoms with Crippen molar-refractivity contribution in [3.8, 4) is 11.5 Å². The highest BCUT2D eigenvalue weighted by Crippen LogP contribution is 2.48. The Hall–Kier alpha value is -3.96. The summed E-state index contributed by atoms with van der Waals surface area (Å²) in [6.07, 6.45) is -11.4. The molecule has 218 valence electrons. The molecule has 1 unspecified atom stereocenters. The minimum Gasteiger partial charge on any atom is -0.472 e. The smallest absolute Gasteiger partial charge is 0.472 e. The first-order valence-electron chi connectivity index (χ1n) is 10.9. The SMILES string of the molecule is CCc1cc(OC(F)(F)F)cc2c1OC(C)(C(F)(F)F)C(C(=O)OOC(=O)OCCN(C)CCO[N+](=O)[O-])=C2. The summed E-state index contributed by atoms with van der Waals surface area (Å²) in [6, 6.07) is 1.57. The molecule has 0 fully saturated rings. The Bertz CT molecular complexity index is 1110. The van der Waals surface area contributed by atoms with Gasteiger partial charge in [0.05, 0.1) is 5.57 Å². The second-order valence-corrected chi connectivity index (χ2v) is 8.01. The maximum atomic E-state index is 14.0. The molecule has 0 bridgehead atoms. The summed E-state index contributed by atoms with van der Waals surface area (Å²) in [6.45, 7) is 1.40. The minimum atomic E-state index is -5.23. The van der Waals surface area contributed by atoms with Crippen LogP contribution in [0, 0.1) is 10.1 Å². The first kappa shape index (κ1) is 31.3. The molecule has 1 atom stereocenters. The number of aryl methyl sites for hydroxylation is 1. The van der Waals surface area contributed by atoms with Crippen molar-refractivity contribution in [2.75, 3.05) is 33.4 Å². The molecule has 0 amide bonds. The monoisotopic (exact) mass is 576 g/mol. The number of ether oxygens (including phenoxy) is 3. The van der Waals surface area contributed by atoms with Gasteiger partial charge < -0.3 is 23.9 Å². The molecule has 1 aromatic rings. The van der Waals surface area contributed by atoms with Gasteiger partial charge in [-0.2, -0.15) is 18.0 Å². The van der Waals surface area contributed by atoms with Crippen LogP contribution in [0.5, 0.6) is 11.5 Å². The highest BCUT2D eigenvalue weighted by molar-refractivity contribution is 5.97. The van der Waals surface area contributed by atoms with E-state index >= 15 is 0 Å². The first-order chi connectivity index (χ1) is 18.0. The Morgan fingerprint density at radius 2 is 1.74 bits per heavy atom. The zero-order valence-electron chi connectivity index (χ0n) is 20.5. The van der Waals surface area contributed by atoms with Gasteiger partial charge in [-0.25, -0.2) is 14.6 Å². The largest absolute Gasteiger partial charge is 0.573 e. The van der Waals surface area contributed by atoms with Gasteiger partial charge in [0.25, 0.3) is 5.09 Å². The van der Waals surface area contributed by atoms with Gasteiger partial charge in [0.15, 0.2) is 0 Å². The van der Waals surface area contributed by atoms with Gasteiger partial charge in [0.1, 0.15) is 24.7 Å². The number of hydrogen-bond donors (Lipinski definition) is 0. The predicted octanol–water partition coefficient (Wildman–Crippen LogP) is 4.00.